The molecule has 4 aromatic rings. The van der Waals surface area contributed by atoms with E-state index in [2.05, 4.69) is 76.2 Å². The van der Waals surface area contributed by atoms with Crippen LogP contribution in [0.2, 0.25) is 0 Å². The van der Waals surface area contributed by atoms with Crippen molar-refractivity contribution in [2.75, 3.05) is 6.54 Å². The van der Waals surface area contributed by atoms with Gasteiger partial charge in [0, 0.05) is 12.1 Å². The van der Waals surface area contributed by atoms with Crippen molar-refractivity contribution in [1.82, 2.24) is 9.88 Å². The van der Waals surface area contributed by atoms with E-state index in [4.69, 9.17) is 9.40 Å². The van der Waals surface area contributed by atoms with Gasteiger partial charge in [0.15, 0.2) is 5.58 Å². The molecule has 1 aliphatic heterocycles. The quantitative estimate of drug-likeness (QED) is 0.343. The van der Waals surface area contributed by atoms with Gasteiger partial charge in [-0.15, -0.1) is 0 Å². The Morgan fingerprint density at radius 1 is 1.00 bits per heavy atom. The maximum Gasteiger partial charge on any atom is 0.254 e. The van der Waals surface area contributed by atoms with Gasteiger partial charge >= 0.3 is 0 Å². The number of aryl methyl sites for hydroxylation is 1. The first-order valence-electron chi connectivity index (χ1n) is 11.7. The van der Waals surface area contributed by atoms with Crippen LogP contribution < -0.4 is 0 Å². The van der Waals surface area contributed by atoms with Crippen LogP contribution in [0.25, 0.3) is 22.2 Å². The molecule has 3 aromatic carbocycles. The lowest BCUT2D eigenvalue weighted by Gasteiger charge is -2.23. The van der Waals surface area contributed by atoms with Crippen molar-refractivity contribution in [2.45, 2.75) is 52.0 Å². The van der Waals surface area contributed by atoms with E-state index in [1.54, 1.807) is 0 Å². The summed E-state index contributed by atoms with van der Waals surface area (Å²) < 4.78 is 6.14. The highest BCUT2D eigenvalue weighted by atomic mass is 16.3. The second-order valence-corrected chi connectivity index (χ2v) is 10.1. The van der Waals surface area contributed by atoms with Crippen molar-refractivity contribution in [2.24, 2.45) is 0 Å². The van der Waals surface area contributed by atoms with E-state index in [1.165, 1.54) is 11.1 Å². The largest absolute Gasteiger partial charge is 0.438 e. The number of aromatic nitrogens is 1. The van der Waals surface area contributed by atoms with Crippen LogP contribution in [0.15, 0.2) is 71.1 Å². The van der Waals surface area contributed by atoms with Gasteiger partial charge < -0.3 is 9.32 Å². The second kappa shape index (κ2) is 8.18. The predicted molar refractivity (Wildman–Crippen MR) is 132 cm³/mol. The minimum absolute atomic E-state index is 0.0423. The Balaban J connectivity index is 1.42. The summed E-state index contributed by atoms with van der Waals surface area (Å²) in [4.78, 5) is 20.1. The van der Waals surface area contributed by atoms with Gasteiger partial charge in [0.25, 0.3) is 5.91 Å². The number of benzene rings is 3. The summed E-state index contributed by atoms with van der Waals surface area (Å²) in [5.41, 5.74) is 7.10. The molecule has 0 radical (unpaired) electrons. The molecule has 0 aliphatic carbocycles. The molecule has 1 aliphatic rings. The Bertz CT molecular complexity index is 1310. The summed E-state index contributed by atoms with van der Waals surface area (Å²) in [6.07, 6.45) is 1.81. The number of hydrogen-bond acceptors (Lipinski definition) is 3. The molecule has 0 bridgehead atoms. The summed E-state index contributed by atoms with van der Waals surface area (Å²) in [5.74, 6) is 0.671. The lowest BCUT2D eigenvalue weighted by Crippen LogP contribution is -2.30. The molecule has 5 rings (SSSR count). The Labute approximate surface area is 195 Å². The molecular formula is C29H30N2O2. The minimum Gasteiger partial charge on any atom is -0.438 e. The van der Waals surface area contributed by atoms with Gasteiger partial charge in [-0.25, -0.2) is 4.98 Å². The van der Waals surface area contributed by atoms with Crippen molar-refractivity contribution < 1.29 is 9.21 Å². The van der Waals surface area contributed by atoms with Gasteiger partial charge in [-0.3, -0.25) is 4.79 Å². The first kappa shape index (κ1) is 21.4. The molecule has 1 amide bonds. The lowest BCUT2D eigenvalue weighted by molar-refractivity contribution is 0.0717. The highest BCUT2D eigenvalue weighted by molar-refractivity contribution is 5.94. The number of carbonyl (C=O) groups excluding carboxylic acids is 1. The lowest BCUT2D eigenvalue weighted by atomic mass is 9.86. The van der Waals surface area contributed by atoms with Gasteiger partial charge in [0.2, 0.25) is 5.89 Å². The molecule has 1 atom stereocenters. The van der Waals surface area contributed by atoms with Crippen LogP contribution in [-0.2, 0) is 5.41 Å². The average molecular weight is 439 g/mol. The highest BCUT2D eigenvalue weighted by Gasteiger charge is 2.34. The Hall–Kier alpha value is -3.40. The van der Waals surface area contributed by atoms with Crippen LogP contribution in [0.3, 0.4) is 0 Å². The summed E-state index contributed by atoms with van der Waals surface area (Å²) in [6.45, 7) is 9.35. The molecule has 4 nitrogen and oxygen atoms in total. The van der Waals surface area contributed by atoms with Crippen LogP contribution in [0, 0.1) is 6.92 Å². The van der Waals surface area contributed by atoms with Crippen LogP contribution in [-0.4, -0.2) is 22.3 Å². The normalized spacial score (nSPS) is 16.5. The molecule has 1 aromatic heterocycles. The predicted octanol–water partition coefficient (Wildman–Crippen LogP) is 7.08. The number of amides is 1. The third-order valence-electron chi connectivity index (χ3n) is 6.55. The number of nitrogens with zero attached hydrogens (tertiary/aromatic N) is 2. The van der Waals surface area contributed by atoms with Gasteiger partial charge in [-0.05, 0) is 66.1 Å². The van der Waals surface area contributed by atoms with E-state index < -0.39 is 0 Å². The number of rotatable bonds is 3. The van der Waals surface area contributed by atoms with Crippen LogP contribution >= 0.6 is 0 Å². The van der Waals surface area contributed by atoms with E-state index >= 15 is 0 Å². The molecule has 0 saturated carbocycles. The third kappa shape index (κ3) is 4.18. The maximum atomic E-state index is 13.3. The van der Waals surface area contributed by atoms with E-state index in [1.807, 2.05) is 23.1 Å². The van der Waals surface area contributed by atoms with Crippen LogP contribution in [0.5, 0.6) is 0 Å². The topological polar surface area (TPSA) is 46.3 Å². The zero-order valence-corrected chi connectivity index (χ0v) is 19.8. The molecule has 0 spiro atoms. The Kier molecular flexibility index (Phi) is 5.32. The molecule has 4 heteroatoms. The average Bonchev–Trinajstić information content (AvgIpc) is 3.44. The summed E-state index contributed by atoms with van der Waals surface area (Å²) in [5, 5.41) is 0. The molecule has 33 heavy (non-hydrogen) atoms. The van der Waals surface area contributed by atoms with Crippen molar-refractivity contribution >= 4 is 17.0 Å². The molecule has 2 heterocycles. The SMILES string of the molecule is Cc1cccc(-c2ccc3oc([C@@H]4CCCN4C(=O)c4ccc(C(C)(C)C)cc4)nc3c2)c1. The monoisotopic (exact) mass is 438 g/mol. The smallest absolute Gasteiger partial charge is 0.254 e. The summed E-state index contributed by atoms with van der Waals surface area (Å²) in [6, 6.07) is 22.4. The van der Waals surface area contributed by atoms with Gasteiger partial charge in [0.1, 0.15) is 11.6 Å². The Morgan fingerprint density at radius 2 is 1.76 bits per heavy atom. The molecule has 1 saturated heterocycles. The van der Waals surface area contributed by atoms with Gasteiger partial charge in [-0.2, -0.15) is 0 Å². The van der Waals surface area contributed by atoms with Gasteiger partial charge in [-0.1, -0.05) is 68.8 Å². The second-order valence-electron chi connectivity index (χ2n) is 10.1. The first-order chi connectivity index (χ1) is 15.8. The van der Waals surface area contributed by atoms with Gasteiger partial charge in [0.05, 0.1) is 0 Å². The number of likely N-dealkylation sites (tertiary alicyclic amines) is 1. The van der Waals surface area contributed by atoms with E-state index in [-0.39, 0.29) is 17.4 Å². The number of carbonyl (C=O) groups is 1. The molecule has 0 unspecified atom stereocenters. The molecule has 168 valence electrons. The van der Waals surface area contributed by atoms with Crippen molar-refractivity contribution in [3.63, 3.8) is 0 Å². The summed E-state index contributed by atoms with van der Waals surface area (Å²) in [7, 11) is 0. The van der Waals surface area contributed by atoms with Crippen molar-refractivity contribution in [3.05, 3.63) is 89.3 Å². The fraction of sp³-hybridized carbons (Fsp3) is 0.310. The fourth-order valence-corrected chi connectivity index (χ4v) is 4.64. The molecule has 1 fully saturated rings. The number of fused-ring (bicyclic) bond motifs is 1. The van der Waals surface area contributed by atoms with E-state index in [0.717, 1.165) is 41.6 Å². The highest BCUT2D eigenvalue weighted by Crippen LogP contribution is 2.35. The standard InChI is InChI=1S/C29H30N2O2/c1-19-7-5-8-21(17-19)22-12-15-26-24(18-22)30-27(33-26)25-9-6-16-31(25)28(32)20-10-13-23(14-11-20)29(2,3)4/h5,7-8,10-15,17-18,25H,6,9,16H2,1-4H3/t25-/m0/s1. The zero-order chi connectivity index (χ0) is 23.2. The number of hydrogen-bond donors (Lipinski definition) is 0. The minimum atomic E-state index is -0.130. The maximum absolute atomic E-state index is 13.3. The molecular weight excluding hydrogens is 408 g/mol. The van der Waals surface area contributed by atoms with Crippen molar-refractivity contribution in [3.8, 4) is 11.1 Å². The third-order valence-corrected chi connectivity index (χ3v) is 6.55. The first-order valence-corrected chi connectivity index (χ1v) is 11.7. The summed E-state index contributed by atoms with van der Waals surface area (Å²) >= 11 is 0. The fourth-order valence-electron chi connectivity index (χ4n) is 4.64. The molecule has 0 N–H and O–H groups in total. The van der Waals surface area contributed by atoms with Crippen molar-refractivity contribution in [1.29, 1.82) is 0 Å². The van der Waals surface area contributed by atoms with Crippen LogP contribution in [0.4, 0.5) is 0 Å². The van der Waals surface area contributed by atoms with E-state index in [0.29, 0.717) is 11.5 Å². The van der Waals surface area contributed by atoms with Crippen LogP contribution in [0.1, 0.15) is 67.0 Å². The number of oxazole rings is 1. The zero-order valence-electron chi connectivity index (χ0n) is 19.8. The van der Waals surface area contributed by atoms with E-state index in [9.17, 15) is 4.79 Å². The Morgan fingerprint density at radius 3 is 2.48 bits per heavy atom.